The maximum atomic E-state index is 12.8. The maximum Gasteiger partial charge on any atom is 0.390 e. The van der Waals surface area contributed by atoms with Crippen LogP contribution in [0.3, 0.4) is 0 Å². The molecule has 1 aromatic carbocycles. The van der Waals surface area contributed by atoms with Gasteiger partial charge in [-0.1, -0.05) is 36.4 Å². The number of carbonyl (C=O) groups excluding carboxylic acids is 1. The Morgan fingerprint density at radius 2 is 2.03 bits per heavy atom. The van der Waals surface area contributed by atoms with Crippen LogP contribution in [0, 0.1) is 0 Å². The number of amides is 1. The van der Waals surface area contributed by atoms with Crippen molar-refractivity contribution in [3.8, 4) is 5.75 Å². The lowest BCUT2D eigenvalue weighted by Gasteiger charge is -2.19. The van der Waals surface area contributed by atoms with Crippen molar-refractivity contribution in [1.82, 2.24) is 14.6 Å². The Hall–Kier alpha value is -4.08. The van der Waals surface area contributed by atoms with E-state index in [1.165, 1.54) is 0 Å². The zero-order valence-electron chi connectivity index (χ0n) is 19.9. The number of halogens is 3. The molecule has 1 unspecified atom stereocenters. The molecule has 3 aromatic rings. The third-order valence-corrected chi connectivity index (χ3v) is 6.09. The van der Waals surface area contributed by atoms with Crippen LogP contribution in [0.1, 0.15) is 42.6 Å². The van der Waals surface area contributed by atoms with Gasteiger partial charge in [0.15, 0.2) is 5.65 Å². The number of nitrogens with two attached hydrogens (primary N) is 1. The van der Waals surface area contributed by atoms with E-state index in [-0.39, 0.29) is 12.5 Å². The molecule has 1 amide bonds. The van der Waals surface area contributed by atoms with Crippen molar-refractivity contribution >= 4 is 22.8 Å². The Morgan fingerprint density at radius 3 is 2.64 bits per heavy atom. The number of carbonyl (C=O) groups is 1. The quantitative estimate of drug-likeness (QED) is 0.456. The van der Waals surface area contributed by atoms with Crippen molar-refractivity contribution in [2.45, 2.75) is 31.9 Å². The minimum absolute atomic E-state index is 0.150. The van der Waals surface area contributed by atoms with Crippen molar-refractivity contribution in [3.63, 3.8) is 0 Å². The molecule has 1 aliphatic carbocycles. The molecule has 2 heterocycles. The first kappa shape index (κ1) is 25.0. The average Bonchev–Trinajstić information content (AvgIpc) is 3.27. The van der Waals surface area contributed by atoms with Gasteiger partial charge in [0.2, 0.25) is 5.91 Å². The molecule has 4 rings (SSSR count). The molecule has 0 radical (unpaired) electrons. The number of aromatic nitrogens is 3. The molecule has 0 aliphatic heterocycles. The molecule has 2 aromatic heterocycles. The van der Waals surface area contributed by atoms with Crippen molar-refractivity contribution in [2.24, 2.45) is 5.73 Å². The Labute approximate surface area is 206 Å². The van der Waals surface area contributed by atoms with Crippen LogP contribution < -0.4 is 15.8 Å². The van der Waals surface area contributed by atoms with Gasteiger partial charge in [-0.25, -0.2) is 9.50 Å². The zero-order valence-corrected chi connectivity index (χ0v) is 19.9. The number of nitrogens with zero attached hydrogens (tertiary/aromatic N) is 3. The van der Waals surface area contributed by atoms with Gasteiger partial charge in [-0.15, -0.1) is 0 Å². The van der Waals surface area contributed by atoms with E-state index in [4.69, 9.17) is 15.6 Å². The second kappa shape index (κ2) is 9.88. The monoisotopic (exact) mass is 497 g/mol. The molecule has 0 saturated heterocycles. The number of ether oxygens (including phenoxy) is 1. The molecule has 0 spiro atoms. The van der Waals surface area contributed by atoms with Crippen LogP contribution in [0.15, 0.2) is 66.4 Å². The lowest BCUT2D eigenvalue weighted by Crippen LogP contribution is -2.18. The van der Waals surface area contributed by atoms with E-state index >= 15 is 0 Å². The number of hydrogen-bond acceptors (Lipinski definition) is 5. The molecule has 7 nitrogen and oxygen atoms in total. The summed E-state index contributed by atoms with van der Waals surface area (Å²) in [6, 6.07) is 8.91. The minimum Gasteiger partial charge on any atom is -0.497 e. The smallest absolute Gasteiger partial charge is 0.390 e. The molecule has 36 heavy (non-hydrogen) atoms. The largest absolute Gasteiger partial charge is 0.497 e. The van der Waals surface area contributed by atoms with Crippen LogP contribution in [0.25, 0.3) is 11.2 Å². The Morgan fingerprint density at radius 1 is 1.31 bits per heavy atom. The SMILES string of the molecule is C=C(c1ccc(OC)cc1)c1cc(NCCC(F)(F)F)c2ncc(C3C=CC(C(N)=O)=C(C)C3)n2n1. The number of anilines is 1. The predicted octanol–water partition coefficient (Wildman–Crippen LogP) is 5.01. The number of fused-ring (bicyclic) bond motifs is 1. The molecule has 0 fully saturated rings. The molecular formula is C26H26F3N5O2. The first-order chi connectivity index (χ1) is 17.1. The highest BCUT2D eigenvalue weighted by atomic mass is 19.4. The lowest BCUT2D eigenvalue weighted by molar-refractivity contribution is -0.131. The van der Waals surface area contributed by atoms with Crippen LogP contribution in [-0.4, -0.2) is 40.3 Å². The second-order valence-corrected chi connectivity index (χ2v) is 8.59. The molecule has 188 valence electrons. The summed E-state index contributed by atoms with van der Waals surface area (Å²) >= 11 is 0. The number of alkyl halides is 3. The summed E-state index contributed by atoms with van der Waals surface area (Å²) in [6.45, 7) is 5.70. The Kier molecular flexibility index (Phi) is 6.87. The van der Waals surface area contributed by atoms with E-state index in [2.05, 4.69) is 16.9 Å². The van der Waals surface area contributed by atoms with Gasteiger partial charge in [0.1, 0.15) is 5.75 Å². The standard InChI is InChI=1S/C26H26F3N5O2/c1-15-12-18(6-9-20(15)24(30)35)23-14-32-25-22(31-11-10-26(27,28)29)13-21(33-34(23)25)16(2)17-4-7-19(36-3)8-5-17/h4-9,13-14,18,31H,2,10-12H2,1,3H3,(H2,30,35). The Bertz CT molecular complexity index is 1370. The van der Waals surface area contributed by atoms with Gasteiger partial charge in [0.05, 0.1) is 36.8 Å². The Balaban J connectivity index is 1.75. The third-order valence-electron chi connectivity index (χ3n) is 6.09. The van der Waals surface area contributed by atoms with Gasteiger partial charge in [-0.2, -0.15) is 18.3 Å². The fourth-order valence-corrected chi connectivity index (χ4v) is 4.15. The topological polar surface area (TPSA) is 94.5 Å². The van der Waals surface area contributed by atoms with Crippen molar-refractivity contribution in [1.29, 1.82) is 0 Å². The van der Waals surface area contributed by atoms with Gasteiger partial charge in [0, 0.05) is 23.6 Å². The van der Waals surface area contributed by atoms with Gasteiger partial charge >= 0.3 is 6.18 Å². The number of methoxy groups -OCH3 is 1. The predicted molar refractivity (Wildman–Crippen MR) is 132 cm³/mol. The van der Waals surface area contributed by atoms with Gasteiger partial charge in [-0.3, -0.25) is 4.79 Å². The van der Waals surface area contributed by atoms with Crippen molar-refractivity contribution < 1.29 is 22.7 Å². The molecule has 10 heteroatoms. The minimum atomic E-state index is -4.29. The summed E-state index contributed by atoms with van der Waals surface area (Å²) in [5.74, 6) is 0.0417. The summed E-state index contributed by atoms with van der Waals surface area (Å²) in [4.78, 5) is 16.1. The van der Waals surface area contributed by atoms with E-state index in [0.717, 1.165) is 16.8 Å². The number of imidazole rings is 1. The van der Waals surface area contributed by atoms with Crippen LogP contribution in [0.2, 0.25) is 0 Å². The normalized spacial score (nSPS) is 15.9. The summed E-state index contributed by atoms with van der Waals surface area (Å²) in [6.07, 6.45) is 0.448. The first-order valence-electron chi connectivity index (χ1n) is 11.3. The fourth-order valence-electron chi connectivity index (χ4n) is 4.15. The van der Waals surface area contributed by atoms with E-state index in [1.807, 2.05) is 25.1 Å². The summed E-state index contributed by atoms with van der Waals surface area (Å²) in [5.41, 5.74) is 10.1. The zero-order chi connectivity index (χ0) is 26.0. The van der Waals surface area contributed by atoms with Gasteiger partial charge in [-0.05, 0) is 37.1 Å². The van der Waals surface area contributed by atoms with Gasteiger partial charge < -0.3 is 15.8 Å². The third kappa shape index (κ3) is 5.27. The maximum absolute atomic E-state index is 12.8. The number of rotatable bonds is 8. The number of hydrogen-bond donors (Lipinski definition) is 2. The van der Waals surface area contributed by atoms with Crippen LogP contribution in [0.5, 0.6) is 5.75 Å². The molecule has 0 bridgehead atoms. The summed E-state index contributed by atoms with van der Waals surface area (Å²) in [5, 5.41) is 7.61. The van der Waals surface area contributed by atoms with Crippen molar-refractivity contribution in [2.75, 3.05) is 19.0 Å². The van der Waals surface area contributed by atoms with Crippen LogP contribution >= 0.6 is 0 Å². The lowest BCUT2D eigenvalue weighted by atomic mass is 9.88. The fraction of sp³-hybridized carbons (Fsp3) is 0.269. The molecule has 1 atom stereocenters. The van der Waals surface area contributed by atoms with E-state index in [0.29, 0.717) is 40.3 Å². The molecule has 3 N–H and O–H groups in total. The number of allylic oxidation sites excluding steroid dienone is 2. The van der Waals surface area contributed by atoms with E-state index < -0.39 is 18.5 Å². The number of primary amides is 1. The van der Waals surface area contributed by atoms with Gasteiger partial charge in [0.25, 0.3) is 0 Å². The van der Waals surface area contributed by atoms with Crippen LogP contribution in [-0.2, 0) is 4.79 Å². The highest BCUT2D eigenvalue weighted by Crippen LogP contribution is 2.34. The molecule has 1 aliphatic rings. The van der Waals surface area contributed by atoms with Crippen LogP contribution in [0.4, 0.5) is 18.9 Å². The number of benzene rings is 1. The molecule has 0 saturated carbocycles. The number of nitrogens with one attached hydrogen (secondary N) is 1. The summed E-state index contributed by atoms with van der Waals surface area (Å²) in [7, 11) is 1.57. The van der Waals surface area contributed by atoms with E-state index in [1.54, 1.807) is 42.1 Å². The second-order valence-electron chi connectivity index (χ2n) is 8.59. The highest BCUT2D eigenvalue weighted by Gasteiger charge is 2.27. The molecular weight excluding hydrogens is 471 g/mol. The summed E-state index contributed by atoms with van der Waals surface area (Å²) < 4.78 is 45.2. The van der Waals surface area contributed by atoms with E-state index in [9.17, 15) is 18.0 Å². The van der Waals surface area contributed by atoms with Crippen molar-refractivity contribution in [3.05, 3.63) is 83.4 Å². The highest BCUT2D eigenvalue weighted by molar-refractivity contribution is 5.96. The average molecular weight is 498 g/mol. The first-order valence-corrected chi connectivity index (χ1v) is 11.3.